The van der Waals surface area contributed by atoms with Crippen LogP contribution in [-0.2, 0) is 6.54 Å². The molecule has 0 saturated carbocycles. The fraction of sp³-hybridized carbons (Fsp3) is 0.462. The summed E-state index contributed by atoms with van der Waals surface area (Å²) < 4.78 is 0. The maximum Gasteiger partial charge on any atom is 0.282 e. The van der Waals surface area contributed by atoms with Gasteiger partial charge in [0.1, 0.15) is 0 Å². The van der Waals surface area contributed by atoms with E-state index in [4.69, 9.17) is 0 Å². The highest BCUT2D eigenvalue weighted by atomic mass is 32.2. The van der Waals surface area contributed by atoms with Crippen molar-refractivity contribution in [1.29, 1.82) is 0 Å². The van der Waals surface area contributed by atoms with E-state index in [1.54, 1.807) is 0 Å². The van der Waals surface area contributed by atoms with Crippen molar-refractivity contribution >= 4 is 17.0 Å². The summed E-state index contributed by atoms with van der Waals surface area (Å²) in [6.07, 6.45) is 0. The Morgan fingerprint density at radius 1 is 1.31 bits per heavy atom. The molecule has 1 aromatic rings. The van der Waals surface area contributed by atoms with Crippen molar-refractivity contribution in [2.45, 2.75) is 33.4 Å². The second-order valence-corrected chi connectivity index (χ2v) is 5.12. The number of amides is 1. The van der Waals surface area contributed by atoms with Crippen molar-refractivity contribution in [3.8, 4) is 0 Å². The molecule has 3 heteroatoms. The number of thioether (sulfide) groups is 1. The Labute approximate surface area is 102 Å². The topological polar surface area (TPSA) is 20.3 Å². The van der Waals surface area contributed by atoms with E-state index in [-0.39, 0.29) is 11.3 Å². The zero-order valence-electron chi connectivity index (χ0n) is 10.1. The first-order valence-corrected chi connectivity index (χ1v) is 6.61. The lowest BCUT2D eigenvalue weighted by Crippen LogP contribution is -2.33. The molecule has 0 atom stereocenters. The highest BCUT2D eigenvalue weighted by molar-refractivity contribution is 8.13. The molecule has 1 rings (SSSR count). The molecular weight excluding hydrogens is 218 g/mol. The SMILES string of the molecule is CCSC(=O)N(Cc1ccccc1)C(C)C. The third-order valence-electron chi connectivity index (χ3n) is 2.32. The van der Waals surface area contributed by atoms with Crippen LogP contribution in [0.4, 0.5) is 4.79 Å². The Hall–Kier alpha value is -0.960. The van der Waals surface area contributed by atoms with Crippen LogP contribution in [0.5, 0.6) is 0 Å². The first kappa shape index (κ1) is 13.1. The van der Waals surface area contributed by atoms with Crippen LogP contribution in [0.2, 0.25) is 0 Å². The second-order valence-electron chi connectivity index (χ2n) is 3.91. The molecular formula is C13H19NOS. The van der Waals surface area contributed by atoms with E-state index >= 15 is 0 Å². The normalized spacial score (nSPS) is 10.5. The molecule has 0 heterocycles. The van der Waals surface area contributed by atoms with E-state index in [2.05, 4.69) is 26.0 Å². The summed E-state index contributed by atoms with van der Waals surface area (Å²) in [5, 5.41) is 0.168. The highest BCUT2D eigenvalue weighted by Crippen LogP contribution is 2.15. The van der Waals surface area contributed by atoms with Crippen LogP contribution >= 0.6 is 11.8 Å². The van der Waals surface area contributed by atoms with Crippen molar-refractivity contribution in [1.82, 2.24) is 4.90 Å². The summed E-state index contributed by atoms with van der Waals surface area (Å²) >= 11 is 1.37. The third kappa shape index (κ3) is 3.89. The minimum Gasteiger partial charge on any atom is -0.327 e. The smallest absolute Gasteiger partial charge is 0.282 e. The van der Waals surface area contributed by atoms with Crippen LogP contribution in [0.25, 0.3) is 0 Å². The molecule has 1 amide bonds. The fourth-order valence-electron chi connectivity index (χ4n) is 1.44. The van der Waals surface area contributed by atoms with Gasteiger partial charge in [0.25, 0.3) is 5.24 Å². The van der Waals surface area contributed by atoms with Gasteiger partial charge in [-0.1, -0.05) is 49.0 Å². The number of hydrogen-bond acceptors (Lipinski definition) is 2. The Balaban J connectivity index is 2.69. The standard InChI is InChI=1S/C13H19NOS/c1-4-16-13(15)14(11(2)3)10-12-8-6-5-7-9-12/h5-9,11H,4,10H2,1-3H3. The van der Waals surface area contributed by atoms with Crippen molar-refractivity contribution < 1.29 is 4.79 Å². The molecule has 88 valence electrons. The lowest BCUT2D eigenvalue weighted by molar-refractivity contribution is 0.205. The quantitative estimate of drug-likeness (QED) is 0.794. The first-order chi connectivity index (χ1) is 7.65. The summed E-state index contributed by atoms with van der Waals surface area (Å²) in [6.45, 7) is 6.81. The molecule has 0 spiro atoms. The largest absolute Gasteiger partial charge is 0.327 e. The van der Waals surface area contributed by atoms with Crippen molar-refractivity contribution in [2.75, 3.05) is 5.75 Å². The Bertz CT molecular complexity index is 324. The average molecular weight is 237 g/mol. The van der Waals surface area contributed by atoms with Gasteiger partial charge in [-0.2, -0.15) is 0 Å². The maximum absolute atomic E-state index is 11.9. The van der Waals surface area contributed by atoms with Gasteiger partial charge in [0, 0.05) is 12.6 Å². The van der Waals surface area contributed by atoms with E-state index in [0.717, 1.165) is 5.75 Å². The summed E-state index contributed by atoms with van der Waals surface area (Å²) in [5.41, 5.74) is 1.18. The Morgan fingerprint density at radius 2 is 1.94 bits per heavy atom. The zero-order chi connectivity index (χ0) is 12.0. The van der Waals surface area contributed by atoms with Gasteiger partial charge >= 0.3 is 0 Å². The van der Waals surface area contributed by atoms with E-state index in [0.29, 0.717) is 6.54 Å². The predicted octanol–water partition coefficient (Wildman–Crippen LogP) is 3.77. The number of benzene rings is 1. The monoisotopic (exact) mass is 237 g/mol. The Morgan fingerprint density at radius 3 is 2.44 bits per heavy atom. The molecule has 0 unspecified atom stereocenters. The van der Waals surface area contributed by atoms with Crippen molar-refractivity contribution in [2.24, 2.45) is 0 Å². The molecule has 0 fully saturated rings. The van der Waals surface area contributed by atoms with Gasteiger partial charge in [0.15, 0.2) is 0 Å². The molecule has 1 aromatic carbocycles. The summed E-state index contributed by atoms with van der Waals surface area (Å²) in [5.74, 6) is 0.830. The zero-order valence-corrected chi connectivity index (χ0v) is 11.0. The van der Waals surface area contributed by atoms with Crippen LogP contribution in [0, 0.1) is 0 Å². The lowest BCUT2D eigenvalue weighted by atomic mass is 10.2. The second kappa shape index (κ2) is 6.59. The number of rotatable bonds is 4. The molecule has 0 bridgehead atoms. The van der Waals surface area contributed by atoms with Gasteiger partial charge < -0.3 is 4.90 Å². The van der Waals surface area contributed by atoms with Crippen LogP contribution in [0.15, 0.2) is 30.3 Å². The molecule has 0 radical (unpaired) electrons. The fourth-order valence-corrected chi connectivity index (χ4v) is 2.13. The maximum atomic E-state index is 11.9. The number of nitrogens with zero attached hydrogens (tertiary/aromatic N) is 1. The van der Waals surface area contributed by atoms with E-state index in [1.165, 1.54) is 17.3 Å². The van der Waals surface area contributed by atoms with Gasteiger partial charge in [-0.25, -0.2) is 0 Å². The van der Waals surface area contributed by atoms with Crippen LogP contribution in [0.1, 0.15) is 26.3 Å². The molecule has 2 nitrogen and oxygen atoms in total. The van der Waals surface area contributed by atoms with Crippen molar-refractivity contribution in [3.63, 3.8) is 0 Å². The van der Waals surface area contributed by atoms with Gasteiger partial charge in [-0.05, 0) is 25.2 Å². The van der Waals surface area contributed by atoms with E-state index < -0.39 is 0 Å². The van der Waals surface area contributed by atoms with Gasteiger partial charge in [0.05, 0.1) is 0 Å². The molecule has 0 aromatic heterocycles. The van der Waals surface area contributed by atoms with Gasteiger partial charge in [-0.15, -0.1) is 0 Å². The van der Waals surface area contributed by atoms with Crippen molar-refractivity contribution in [3.05, 3.63) is 35.9 Å². The predicted molar refractivity (Wildman–Crippen MR) is 70.6 cm³/mol. The summed E-state index contributed by atoms with van der Waals surface area (Å²) in [7, 11) is 0. The van der Waals surface area contributed by atoms with Crippen LogP contribution < -0.4 is 0 Å². The summed E-state index contributed by atoms with van der Waals surface area (Å²) in [4.78, 5) is 13.8. The van der Waals surface area contributed by atoms with Gasteiger partial charge in [0.2, 0.25) is 0 Å². The molecule has 0 aliphatic rings. The first-order valence-electron chi connectivity index (χ1n) is 5.62. The van der Waals surface area contributed by atoms with Crippen LogP contribution in [-0.4, -0.2) is 21.9 Å². The molecule has 0 aliphatic heterocycles. The number of carbonyl (C=O) groups excluding carboxylic acids is 1. The Kier molecular flexibility index (Phi) is 5.39. The molecule has 16 heavy (non-hydrogen) atoms. The minimum absolute atomic E-state index is 0.168. The summed E-state index contributed by atoms with van der Waals surface area (Å²) in [6, 6.07) is 10.4. The molecule has 0 aliphatic carbocycles. The lowest BCUT2D eigenvalue weighted by Gasteiger charge is -2.26. The minimum atomic E-state index is 0.168. The van der Waals surface area contributed by atoms with Gasteiger partial charge in [-0.3, -0.25) is 4.79 Å². The number of hydrogen-bond donors (Lipinski definition) is 0. The molecule has 0 N–H and O–H groups in total. The van der Waals surface area contributed by atoms with Crippen LogP contribution in [0.3, 0.4) is 0 Å². The van der Waals surface area contributed by atoms with E-state index in [1.807, 2.05) is 30.0 Å². The molecule has 0 saturated heterocycles. The van der Waals surface area contributed by atoms with E-state index in [9.17, 15) is 4.79 Å². The average Bonchev–Trinajstić information content (AvgIpc) is 2.27. The highest BCUT2D eigenvalue weighted by Gasteiger charge is 2.16. The third-order valence-corrected chi connectivity index (χ3v) is 3.09. The number of carbonyl (C=O) groups is 1.